The van der Waals surface area contributed by atoms with E-state index in [0.29, 0.717) is 30.3 Å². The molecule has 0 radical (unpaired) electrons. The fourth-order valence-corrected chi connectivity index (χ4v) is 8.73. The van der Waals surface area contributed by atoms with Crippen molar-refractivity contribution in [3.8, 4) is 28.1 Å². The van der Waals surface area contributed by atoms with Gasteiger partial charge in [-0.05, 0) is 107 Å². The Morgan fingerprint density at radius 1 is 0.833 bits per heavy atom. The van der Waals surface area contributed by atoms with Gasteiger partial charge in [0.05, 0.1) is 5.54 Å². The van der Waals surface area contributed by atoms with Crippen LogP contribution in [0.5, 0.6) is 0 Å². The van der Waals surface area contributed by atoms with Gasteiger partial charge in [0.25, 0.3) is 0 Å². The summed E-state index contributed by atoms with van der Waals surface area (Å²) in [6.07, 6.45) is 6.93. The molecule has 0 unspecified atom stereocenters. The number of ether oxygens (including phenoxy) is 1. The molecule has 0 spiro atoms. The fraction of sp³-hybridized carbons (Fsp3) is 0.388. The van der Waals surface area contributed by atoms with E-state index in [-0.39, 0.29) is 32.0 Å². The summed E-state index contributed by atoms with van der Waals surface area (Å²) < 4.78 is 8.94. The van der Waals surface area contributed by atoms with Gasteiger partial charge in [-0.2, -0.15) is 0 Å². The second-order valence-electron chi connectivity index (χ2n) is 17.5. The van der Waals surface area contributed by atoms with E-state index in [9.17, 15) is 0 Å². The van der Waals surface area contributed by atoms with Gasteiger partial charge in [-0.15, -0.1) is 42.0 Å². The van der Waals surface area contributed by atoms with Gasteiger partial charge in [0.1, 0.15) is 12.5 Å². The fourth-order valence-electron chi connectivity index (χ4n) is 8.73. The van der Waals surface area contributed by atoms with Gasteiger partial charge in [0, 0.05) is 11.7 Å². The van der Waals surface area contributed by atoms with Crippen molar-refractivity contribution < 1.29 is 25.8 Å². The first-order valence-corrected chi connectivity index (χ1v) is 19.7. The number of pyridine rings is 1. The van der Waals surface area contributed by atoms with Crippen LogP contribution in [0.4, 0.5) is 0 Å². The zero-order chi connectivity index (χ0) is 37.2. The summed E-state index contributed by atoms with van der Waals surface area (Å²) in [7, 11) is 0. The molecule has 1 aliphatic carbocycles. The quantitative estimate of drug-likeness (QED) is 0.150. The summed E-state index contributed by atoms with van der Waals surface area (Å²) in [5.74, 6) is 1.97. The van der Waals surface area contributed by atoms with E-state index in [2.05, 4.69) is 152 Å². The van der Waals surface area contributed by atoms with Gasteiger partial charge >= 0.3 is 21.1 Å². The summed E-state index contributed by atoms with van der Waals surface area (Å²) >= 11 is 0. The van der Waals surface area contributed by atoms with Crippen molar-refractivity contribution in [1.82, 2.24) is 9.55 Å². The van der Waals surface area contributed by atoms with E-state index in [1.54, 1.807) is 0 Å². The molecule has 5 heteroatoms. The molecule has 3 heterocycles. The van der Waals surface area contributed by atoms with Gasteiger partial charge in [0.2, 0.25) is 0 Å². The van der Waals surface area contributed by atoms with Gasteiger partial charge in [-0.1, -0.05) is 120 Å². The minimum absolute atomic E-state index is 0. The molecule has 8 rings (SSSR count). The minimum atomic E-state index is -0.212. The van der Waals surface area contributed by atoms with Crippen LogP contribution in [-0.2, 0) is 31.2 Å². The van der Waals surface area contributed by atoms with Crippen molar-refractivity contribution in [3.63, 3.8) is 0 Å². The maximum absolute atomic E-state index is 6.59. The van der Waals surface area contributed by atoms with Crippen LogP contribution in [0.1, 0.15) is 121 Å². The minimum Gasteiger partial charge on any atom is -0.518 e. The molecule has 1 fully saturated rings. The Hall–Kier alpha value is -4.01. The Labute approximate surface area is 336 Å². The van der Waals surface area contributed by atoms with Crippen LogP contribution < -0.4 is 0 Å². The average Bonchev–Trinajstić information content (AvgIpc) is 3.89. The molecular formula is C49H53N3OPt. The van der Waals surface area contributed by atoms with Crippen LogP contribution in [-0.4, -0.2) is 27.6 Å². The Bertz CT molecular complexity index is 2360. The Morgan fingerprint density at radius 2 is 1.56 bits per heavy atom. The van der Waals surface area contributed by atoms with E-state index in [1.807, 2.05) is 6.20 Å². The van der Waals surface area contributed by atoms with Gasteiger partial charge in [-0.3, -0.25) is 4.99 Å². The summed E-state index contributed by atoms with van der Waals surface area (Å²) in [5, 5.41) is 2.36. The molecule has 0 bridgehead atoms. The molecule has 4 aromatic carbocycles. The number of aromatic nitrogens is 2. The van der Waals surface area contributed by atoms with Crippen molar-refractivity contribution in [3.05, 3.63) is 119 Å². The number of nitrogens with zero attached hydrogens (tertiary/aromatic N) is 3. The van der Waals surface area contributed by atoms with Crippen LogP contribution in [0.3, 0.4) is 0 Å². The molecule has 4 nitrogen and oxygen atoms in total. The smallest absolute Gasteiger partial charge is 0.518 e. The van der Waals surface area contributed by atoms with Crippen LogP contribution in [0.25, 0.3) is 49.9 Å². The molecule has 280 valence electrons. The topological polar surface area (TPSA) is 39.4 Å². The van der Waals surface area contributed by atoms with Gasteiger partial charge in [-0.25, -0.2) is 0 Å². The summed E-state index contributed by atoms with van der Waals surface area (Å²) in [6, 6.07) is 34.7. The molecule has 2 aliphatic rings. The third-order valence-corrected chi connectivity index (χ3v) is 11.8. The van der Waals surface area contributed by atoms with Crippen molar-refractivity contribution in [1.29, 1.82) is 0 Å². The first-order chi connectivity index (χ1) is 25.3. The van der Waals surface area contributed by atoms with E-state index in [1.165, 1.54) is 64.5 Å². The Kier molecular flexibility index (Phi) is 10.3. The Morgan fingerprint density at radius 3 is 2.24 bits per heavy atom. The molecule has 2 aromatic heterocycles. The van der Waals surface area contributed by atoms with E-state index in [4.69, 9.17) is 14.7 Å². The van der Waals surface area contributed by atoms with Crippen LogP contribution in [0.15, 0.2) is 84.0 Å². The predicted molar refractivity (Wildman–Crippen MR) is 222 cm³/mol. The van der Waals surface area contributed by atoms with Crippen LogP contribution >= 0.6 is 0 Å². The number of hydrogen-bond donors (Lipinski definition) is 0. The third-order valence-electron chi connectivity index (χ3n) is 11.8. The van der Waals surface area contributed by atoms with Crippen molar-refractivity contribution in [2.75, 3.05) is 6.61 Å². The number of aryl methyl sites for hydroxylation is 1. The largest absolute Gasteiger partial charge is 2.00 e. The molecule has 1 atom stereocenters. The number of fused-ring (bicyclic) bond motifs is 3. The number of rotatable bonds is 7. The number of aliphatic imine (C=N–C) groups is 1. The first-order valence-electron chi connectivity index (χ1n) is 19.7. The van der Waals surface area contributed by atoms with Crippen molar-refractivity contribution in [2.45, 2.75) is 111 Å². The molecule has 1 aliphatic heterocycles. The number of benzene rings is 4. The summed E-state index contributed by atoms with van der Waals surface area (Å²) in [6.45, 7) is 21.0. The second kappa shape index (κ2) is 14.6. The SMILES string of the molecule is Cc1ccc2c(c1)c1ccc(-c3cc(C(C)(C)C)ccn3)[c-]c1n2-c1[c-]c(C2=N[C@](C)(C3CCCC3)CO2)cc(-c2c(C(C)C)cccc2C(C)C)c1.[Pt+2]. The van der Waals surface area contributed by atoms with Crippen molar-refractivity contribution >= 4 is 27.7 Å². The summed E-state index contributed by atoms with van der Waals surface area (Å²) in [5.41, 5.74) is 13.4. The maximum Gasteiger partial charge on any atom is 2.00 e. The predicted octanol–water partition coefficient (Wildman–Crippen LogP) is 12.7. The zero-order valence-corrected chi connectivity index (χ0v) is 35.6. The van der Waals surface area contributed by atoms with Gasteiger partial charge < -0.3 is 14.3 Å². The van der Waals surface area contributed by atoms with E-state index >= 15 is 0 Å². The molecule has 6 aromatic rings. The van der Waals surface area contributed by atoms with Crippen LogP contribution in [0, 0.1) is 25.0 Å². The first kappa shape index (κ1) is 38.3. The monoisotopic (exact) mass is 894 g/mol. The normalized spacial score (nSPS) is 17.8. The molecule has 1 saturated carbocycles. The van der Waals surface area contributed by atoms with E-state index in [0.717, 1.165) is 38.9 Å². The molecule has 0 amide bonds. The van der Waals surface area contributed by atoms with E-state index < -0.39 is 0 Å². The maximum atomic E-state index is 6.59. The second-order valence-corrected chi connectivity index (χ2v) is 17.5. The Balaban J connectivity index is 0.00000450. The zero-order valence-electron chi connectivity index (χ0n) is 33.3. The average molecular weight is 895 g/mol. The molecular weight excluding hydrogens is 842 g/mol. The third kappa shape index (κ3) is 6.89. The summed E-state index contributed by atoms with van der Waals surface area (Å²) in [4.78, 5) is 10.2. The molecule has 54 heavy (non-hydrogen) atoms. The van der Waals surface area contributed by atoms with Crippen molar-refractivity contribution in [2.24, 2.45) is 10.9 Å². The standard InChI is InChI=1S/C49H53N3O.Pt/c1-30(2)39-15-12-16-40(31(3)4)46(39)34-24-35(47-51-49(9,29-53-47)36-13-10-11-14-36)26-38(25-34)52-44-20-17-32(5)23-42(44)41-19-18-33(27-45(41)52)43-28-37(21-22-50-43)48(6,7)8;/h12,15-25,28,30-31,36H,10-11,13-14,29H2,1-9H3;/q-2;+2/t49-;/m0./s1. The van der Waals surface area contributed by atoms with Gasteiger partial charge in [0.15, 0.2) is 0 Å². The molecule has 0 N–H and O–H groups in total. The molecule has 0 saturated heterocycles. The van der Waals surface area contributed by atoms with Crippen LogP contribution in [0.2, 0.25) is 0 Å². The number of hydrogen-bond acceptors (Lipinski definition) is 3.